The minimum Gasteiger partial charge on any atom is -0.497 e. The highest BCUT2D eigenvalue weighted by molar-refractivity contribution is 9.10. The van der Waals surface area contributed by atoms with Gasteiger partial charge in [-0.3, -0.25) is 14.2 Å². The summed E-state index contributed by atoms with van der Waals surface area (Å²) in [5.41, 5.74) is 6.29. The van der Waals surface area contributed by atoms with Crippen LogP contribution in [0.1, 0.15) is 46.3 Å². The lowest BCUT2D eigenvalue weighted by atomic mass is 9.95. The van der Waals surface area contributed by atoms with E-state index in [0.29, 0.717) is 47.8 Å². The second-order valence-corrected chi connectivity index (χ2v) is 13.2. The highest BCUT2D eigenvalue weighted by atomic mass is 79.9. The molecule has 1 amide bonds. The molecule has 240 valence electrons. The number of aryl methyl sites for hydroxylation is 2. The van der Waals surface area contributed by atoms with Crippen molar-refractivity contribution in [2.45, 2.75) is 33.4 Å². The first-order valence-corrected chi connectivity index (χ1v) is 16.7. The van der Waals surface area contributed by atoms with Crippen molar-refractivity contribution in [3.8, 4) is 17.6 Å². The number of rotatable bonds is 8. The number of nitriles is 1. The number of aromatic nitrogens is 1. The van der Waals surface area contributed by atoms with Crippen LogP contribution in [0.5, 0.6) is 11.5 Å². The van der Waals surface area contributed by atoms with Crippen molar-refractivity contribution in [3.63, 3.8) is 0 Å². The molecule has 1 atom stereocenters. The van der Waals surface area contributed by atoms with Crippen LogP contribution in [0.4, 0.5) is 5.69 Å². The first-order chi connectivity index (χ1) is 23.2. The van der Waals surface area contributed by atoms with Crippen molar-refractivity contribution in [2.24, 2.45) is 4.99 Å². The average molecular weight is 720 g/mol. The number of allylic oxidation sites excluding steroid dienone is 1. The Labute approximate surface area is 290 Å². The Kier molecular flexibility index (Phi) is 9.44. The van der Waals surface area contributed by atoms with E-state index in [1.807, 2.05) is 98.8 Å². The van der Waals surface area contributed by atoms with E-state index in [0.717, 1.165) is 27.8 Å². The maximum absolute atomic E-state index is 14.2. The van der Waals surface area contributed by atoms with Crippen LogP contribution >= 0.6 is 27.3 Å². The van der Waals surface area contributed by atoms with Gasteiger partial charge in [0.25, 0.3) is 11.5 Å². The molecule has 1 N–H and O–H groups in total. The number of carbonyl (C=O) groups is 1. The quantitative estimate of drug-likeness (QED) is 0.192. The summed E-state index contributed by atoms with van der Waals surface area (Å²) < 4.78 is 14.2. The summed E-state index contributed by atoms with van der Waals surface area (Å²) >= 11 is 4.87. The second kappa shape index (κ2) is 13.9. The third-order valence-electron chi connectivity index (χ3n) is 8.10. The summed E-state index contributed by atoms with van der Waals surface area (Å²) in [4.78, 5) is 33.4. The van der Waals surface area contributed by atoms with Crippen LogP contribution in [-0.2, 0) is 11.4 Å². The van der Waals surface area contributed by atoms with E-state index in [4.69, 9.17) is 14.5 Å². The fraction of sp³-hybridized carbons (Fsp3) is 0.158. The smallest absolute Gasteiger partial charge is 0.271 e. The Morgan fingerprint density at radius 2 is 1.83 bits per heavy atom. The van der Waals surface area contributed by atoms with Crippen molar-refractivity contribution < 1.29 is 14.3 Å². The largest absolute Gasteiger partial charge is 0.497 e. The van der Waals surface area contributed by atoms with Gasteiger partial charge in [-0.1, -0.05) is 65.4 Å². The lowest BCUT2D eigenvalue weighted by molar-refractivity contribution is -0.113. The fourth-order valence-electron chi connectivity index (χ4n) is 5.64. The molecule has 0 bridgehead atoms. The van der Waals surface area contributed by atoms with Gasteiger partial charge >= 0.3 is 0 Å². The number of benzene rings is 4. The molecule has 0 saturated carbocycles. The molecule has 8 nitrogen and oxygen atoms in total. The Hall–Kier alpha value is -5.24. The topological polar surface area (TPSA) is 106 Å². The van der Waals surface area contributed by atoms with Crippen LogP contribution in [0.25, 0.3) is 6.08 Å². The zero-order valence-corrected chi connectivity index (χ0v) is 29.1. The third-order valence-corrected chi connectivity index (χ3v) is 9.71. The van der Waals surface area contributed by atoms with E-state index < -0.39 is 6.04 Å². The van der Waals surface area contributed by atoms with E-state index in [2.05, 4.69) is 27.3 Å². The van der Waals surface area contributed by atoms with Gasteiger partial charge in [-0.05, 0) is 95.9 Å². The lowest BCUT2D eigenvalue weighted by Gasteiger charge is -2.25. The van der Waals surface area contributed by atoms with Crippen LogP contribution in [0.15, 0.2) is 110 Å². The molecule has 6 rings (SSSR count). The van der Waals surface area contributed by atoms with Gasteiger partial charge in [0.2, 0.25) is 0 Å². The van der Waals surface area contributed by atoms with Gasteiger partial charge in [0.05, 0.1) is 45.1 Å². The maximum Gasteiger partial charge on any atom is 0.271 e. The maximum atomic E-state index is 14.2. The molecule has 5 aromatic rings. The highest BCUT2D eigenvalue weighted by Crippen LogP contribution is 2.32. The summed E-state index contributed by atoms with van der Waals surface area (Å²) in [5.74, 6) is 0.951. The van der Waals surface area contributed by atoms with Crippen LogP contribution in [-0.4, -0.2) is 17.6 Å². The molecule has 0 fully saturated rings. The van der Waals surface area contributed by atoms with Gasteiger partial charge in [-0.25, -0.2) is 4.99 Å². The Bertz CT molecular complexity index is 2320. The van der Waals surface area contributed by atoms with Crippen molar-refractivity contribution in [3.05, 3.63) is 154 Å². The monoisotopic (exact) mass is 718 g/mol. The number of methoxy groups -OCH3 is 1. The van der Waals surface area contributed by atoms with Crippen molar-refractivity contribution in [2.75, 3.05) is 12.4 Å². The molecule has 0 radical (unpaired) electrons. The fourth-order valence-corrected chi connectivity index (χ4v) is 7.20. The number of halogens is 1. The molecule has 0 aliphatic carbocycles. The van der Waals surface area contributed by atoms with Gasteiger partial charge in [-0.15, -0.1) is 0 Å². The zero-order valence-electron chi connectivity index (χ0n) is 26.7. The molecule has 48 heavy (non-hydrogen) atoms. The summed E-state index contributed by atoms with van der Waals surface area (Å²) in [6, 6.07) is 27.6. The third kappa shape index (κ3) is 6.61. The van der Waals surface area contributed by atoms with Crippen LogP contribution in [0.2, 0.25) is 0 Å². The summed E-state index contributed by atoms with van der Waals surface area (Å²) in [6.45, 7) is 5.99. The second-order valence-electron chi connectivity index (χ2n) is 11.4. The van der Waals surface area contributed by atoms with Crippen LogP contribution in [0.3, 0.4) is 0 Å². The number of carbonyl (C=O) groups excluding carboxylic acids is 1. The Morgan fingerprint density at radius 3 is 2.54 bits per heavy atom. The van der Waals surface area contributed by atoms with E-state index in [1.165, 1.54) is 11.3 Å². The molecule has 2 heterocycles. The summed E-state index contributed by atoms with van der Waals surface area (Å²) in [5, 5.41) is 12.4. The average Bonchev–Trinajstić information content (AvgIpc) is 3.38. The van der Waals surface area contributed by atoms with Crippen molar-refractivity contribution >= 4 is 44.9 Å². The number of nitrogens with one attached hydrogen (secondary N) is 1. The van der Waals surface area contributed by atoms with Crippen molar-refractivity contribution in [1.29, 1.82) is 5.26 Å². The standard InChI is InChI=1S/C38H31BrN4O4S/c1-22-9-15-31(23(2)17-22)42-36(44)34-24(3)41-38-43(35(34)26-11-13-29(46-4)14-12-26)37(45)33(48-38)19-25-10-16-32(30(39)18-25)47-21-28-8-6-5-7-27(28)20-40/h5-19,35H,21H2,1-4H3,(H,42,44)/b33-19+/t35-/m1/s1. The molecule has 1 aliphatic rings. The first-order valence-electron chi connectivity index (χ1n) is 15.1. The van der Waals surface area contributed by atoms with Gasteiger partial charge in [0.1, 0.15) is 18.1 Å². The zero-order chi connectivity index (χ0) is 33.9. The number of amides is 1. The molecule has 0 unspecified atom stereocenters. The minimum absolute atomic E-state index is 0.240. The van der Waals surface area contributed by atoms with E-state index in [1.54, 1.807) is 24.7 Å². The summed E-state index contributed by atoms with van der Waals surface area (Å²) in [6.07, 6.45) is 1.81. The van der Waals surface area contributed by atoms with Crippen molar-refractivity contribution in [1.82, 2.24) is 4.57 Å². The van der Waals surface area contributed by atoms with Gasteiger partial charge in [0, 0.05) is 11.3 Å². The van der Waals surface area contributed by atoms with E-state index in [-0.39, 0.29) is 18.1 Å². The van der Waals surface area contributed by atoms with E-state index >= 15 is 0 Å². The summed E-state index contributed by atoms with van der Waals surface area (Å²) in [7, 11) is 1.59. The normalized spacial score (nSPS) is 14.2. The predicted molar refractivity (Wildman–Crippen MR) is 191 cm³/mol. The molecule has 1 aliphatic heterocycles. The lowest BCUT2D eigenvalue weighted by Crippen LogP contribution is -2.40. The number of nitrogens with zero attached hydrogens (tertiary/aromatic N) is 3. The molecular weight excluding hydrogens is 688 g/mol. The molecule has 1 aromatic heterocycles. The molecule has 0 spiro atoms. The number of fused-ring (bicyclic) bond motifs is 1. The van der Waals surface area contributed by atoms with Gasteiger partial charge in [0.15, 0.2) is 4.80 Å². The Morgan fingerprint density at radius 1 is 1.06 bits per heavy atom. The van der Waals surface area contributed by atoms with Crippen LogP contribution in [0, 0.1) is 25.2 Å². The Balaban J connectivity index is 1.37. The van der Waals surface area contributed by atoms with E-state index in [9.17, 15) is 14.9 Å². The SMILES string of the molecule is COc1ccc([C@@H]2C(C(=O)Nc3ccc(C)cc3C)=C(C)N=c3s/c(=C/c4ccc(OCc5ccccc5C#N)c(Br)c4)c(=O)n32)cc1. The molecule has 10 heteroatoms. The highest BCUT2D eigenvalue weighted by Gasteiger charge is 2.32. The first kappa shape index (κ1) is 32.7. The minimum atomic E-state index is -0.709. The number of hydrogen-bond acceptors (Lipinski definition) is 7. The van der Waals surface area contributed by atoms with Gasteiger partial charge < -0.3 is 14.8 Å². The number of thiazole rings is 1. The molecular formula is C38H31BrN4O4S. The molecule has 0 saturated heterocycles. The number of hydrogen-bond donors (Lipinski definition) is 1. The number of anilines is 1. The molecule has 4 aromatic carbocycles. The van der Waals surface area contributed by atoms with Gasteiger partial charge in [-0.2, -0.15) is 5.26 Å². The van der Waals surface area contributed by atoms with Crippen LogP contribution < -0.4 is 29.7 Å². The predicted octanol–water partition coefficient (Wildman–Crippen LogP) is 6.71. The number of ether oxygens (including phenoxy) is 2.